The van der Waals surface area contributed by atoms with Crippen molar-refractivity contribution in [2.45, 2.75) is 51.1 Å². The molecule has 0 spiro atoms. The zero-order valence-corrected chi connectivity index (χ0v) is 29.6. The Morgan fingerprint density at radius 3 is 2.47 bits per heavy atom. The summed E-state index contributed by atoms with van der Waals surface area (Å²) in [5, 5.41) is 19.4. The lowest BCUT2D eigenvalue weighted by Crippen LogP contribution is -2.54. The maximum atomic E-state index is 13.2. The van der Waals surface area contributed by atoms with E-state index in [1.54, 1.807) is 35.3 Å². The molecule has 3 aromatic heterocycles. The van der Waals surface area contributed by atoms with Crippen LogP contribution in [0.1, 0.15) is 75.4 Å². The van der Waals surface area contributed by atoms with Gasteiger partial charge in [-0.25, -0.2) is 4.98 Å². The Morgan fingerprint density at radius 2 is 1.71 bits per heavy atom. The van der Waals surface area contributed by atoms with Crippen molar-refractivity contribution in [3.63, 3.8) is 0 Å². The topological polar surface area (TPSA) is 219 Å². The Labute approximate surface area is 313 Å². The van der Waals surface area contributed by atoms with Crippen LogP contribution in [-0.4, -0.2) is 85.7 Å². The van der Waals surface area contributed by atoms with Crippen LogP contribution in [0.4, 0.5) is 5.95 Å². The van der Waals surface area contributed by atoms with Crippen LogP contribution < -0.4 is 26.0 Å². The molecular formula is C38H37N9O8. The second kappa shape index (κ2) is 16.4. The first-order valence-corrected chi connectivity index (χ1v) is 17.9. The average Bonchev–Trinajstić information content (AvgIpc) is 3.96. The van der Waals surface area contributed by atoms with Crippen molar-refractivity contribution < 1.29 is 37.9 Å². The molecule has 7 rings (SSSR count). The number of hydrogen-bond acceptors (Lipinski definition) is 12. The third-order valence-electron chi connectivity index (χ3n) is 9.29. The number of nitrogens with one attached hydrogen (secondary N) is 4. The van der Waals surface area contributed by atoms with Gasteiger partial charge >= 0.3 is 0 Å². The SMILES string of the molecule is O=C(COc1cccc2c1C(=O)N(C1CCC(=O)NC1=O)C2=O)NCCCCCCNC(=O)c1ccc(-c2cnc(NCc3ccco3)n3cnnc23)cc1. The first kappa shape index (κ1) is 36.4. The average molecular weight is 748 g/mol. The van der Waals surface area contributed by atoms with Crippen LogP contribution >= 0.6 is 0 Å². The number of imide groups is 2. The molecule has 17 heteroatoms. The highest BCUT2D eigenvalue weighted by Crippen LogP contribution is 2.33. The summed E-state index contributed by atoms with van der Waals surface area (Å²) in [4.78, 5) is 80.7. The highest BCUT2D eigenvalue weighted by atomic mass is 16.5. The number of carbonyl (C=O) groups excluding carboxylic acids is 6. The molecule has 2 aromatic carbocycles. The van der Waals surface area contributed by atoms with Crippen LogP contribution in [0.25, 0.3) is 16.8 Å². The number of amides is 6. The van der Waals surface area contributed by atoms with Crippen LogP contribution in [0, 0.1) is 0 Å². The molecule has 0 saturated carbocycles. The number of piperidine rings is 1. The molecule has 2 aliphatic heterocycles. The third-order valence-corrected chi connectivity index (χ3v) is 9.29. The lowest BCUT2D eigenvalue weighted by Gasteiger charge is -2.27. The lowest BCUT2D eigenvalue weighted by atomic mass is 10.0. The second-order valence-electron chi connectivity index (χ2n) is 13.0. The van der Waals surface area contributed by atoms with E-state index in [1.165, 1.54) is 18.2 Å². The molecule has 1 atom stereocenters. The molecule has 17 nitrogen and oxygen atoms in total. The Morgan fingerprint density at radius 1 is 0.909 bits per heavy atom. The number of fused-ring (bicyclic) bond motifs is 2. The van der Waals surface area contributed by atoms with Gasteiger partial charge < -0.3 is 25.1 Å². The van der Waals surface area contributed by atoms with E-state index < -0.39 is 35.6 Å². The van der Waals surface area contributed by atoms with Gasteiger partial charge in [-0.05, 0) is 61.2 Å². The molecule has 0 bridgehead atoms. The van der Waals surface area contributed by atoms with Gasteiger partial charge in [-0.15, -0.1) is 10.2 Å². The minimum absolute atomic E-state index is 0.0120. The molecule has 1 unspecified atom stereocenters. The fourth-order valence-electron chi connectivity index (χ4n) is 6.47. The summed E-state index contributed by atoms with van der Waals surface area (Å²) in [5.74, 6) is -1.70. The second-order valence-corrected chi connectivity index (χ2v) is 13.0. The van der Waals surface area contributed by atoms with Crippen LogP contribution in [0.2, 0.25) is 0 Å². The van der Waals surface area contributed by atoms with Gasteiger partial charge in [-0.3, -0.25) is 43.4 Å². The van der Waals surface area contributed by atoms with E-state index in [9.17, 15) is 28.8 Å². The molecule has 5 aromatic rings. The molecule has 1 fully saturated rings. The number of ether oxygens (including phenoxy) is 1. The Balaban J connectivity index is 0.795. The van der Waals surface area contributed by atoms with Crippen molar-refractivity contribution in [3.8, 4) is 16.9 Å². The van der Waals surface area contributed by atoms with Gasteiger partial charge in [0.05, 0.1) is 23.9 Å². The van der Waals surface area contributed by atoms with Crippen molar-refractivity contribution in [2.24, 2.45) is 0 Å². The minimum atomic E-state index is -1.10. The first-order chi connectivity index (χ1) is 26.8. The monoisotopic (exact) mass is 747 g/mol. The molecule has 0 radical (unpaired) electrons. The minimum Gasteiger partial charge on any atom is -0.483 e. The number of anilines is 1. The molecule has 5 heterocycles. The molecule has 55 heavy (non-hydrogen) atoms. The van der Waals surface area contributed by atoms with Gasteiger partial charge in [0.2, 0.25) is 17.8 Å². The molecular weight excluding hydrogens is 710 g/mol. The van der Waals surface area contributed by atoms with E-state index in [0.29, 0.717) is 43.2 Å². The predicted molar refractivity (Wildman–Crippen MR) is 195 cm³/mol. The van der Waals surface area contributed by atoms with Gasteiger partial charge in [-0.1, -0.05) is 31.0 Å². The number of nitrogens with zero attached hydrogens (tertiary/aromatic N) is 5. The number of furan rings is 1. The van der Waals surface area contributed by atoms with Crippen molar-refractivity contribution in [2.75, 3.05) is 25.0 Å². The normalized spacial score (nSPS) is 15.2. The summed E-state index contributed by atoms with van der Waals surface area (Å²) < 4.78 is 12.8. The van der Waals surface area contributed by atoms with Crippen LogP contribution in [-0.2, 0) is 20.9 Å². The fourth-order valence-corrected chi connectivity index (χ4v) is 6.47. The van der Waals surface area contributed by atoms with E-state index in [4.69, 9.17) is 9.15 Å². The van der Waals surface area contributed by atoms with E-state index in [1.807, 2.05) is 24.3 Å². The van der Waals surface area contributed by atoms with Gasteiger partial charge in [0.1, 0.15) is 23.9 Å². The summed E-state index contributed by atoms with van der Waals surface area (Å²) in [6, 6.07) is 14.3. The Hall–Kier alpha value is -6.91. The number of unbranched alkanes of at least 4 members (excludes halogenated alkanes) is 3. The number of benzene rings is 2. The van der Waals surface area contributed by atoms with Crippen molar-refractivity contribution in [1.82, 2.24) is 40.4 Å². The largest absolute Gasteiger partial charge is 0.483 e. The van der Waals surface area contributed by atoms with Gasteiger partial charge in [0.15, 0.2) is 12.3 Å². The summed E-state index contributed by atoms with van der Waals surface area (Å²) in [7, 11) is 0. The van der Waals surface area contributed by atoms with Crippen molar-refractivity contribution in [3.05, 3.63) is 95.8 Å². The van der Waals surface area contributed by atoms with Gasteiger partial charge in [0, 0.05) is 36.8 Å². The van der Waals surface area contributed by atoms with E-state index in [-0.39, 0.29) is 42.2 Å². The first-order valence-electron chi connectivity index (χ1n) is 17.9. The van der Waals surface area contributed by atoms with E-state index in [2.05, 4.69) is 36.4 Å². The Kier molecular flexibility index (Phi) is 10.9. The maximum Gasteiger partial charge on any atom is 0.266 e. The quantitative estimate of drug-likeness (QED) is 0.0846. The van der Waals surface area contributed by atoms with Gasteiger partial charge in [-0.2, -0.15) is 0 Å². The molecule has 282 valence electrons. The smallest absolute Gasteiger partial charge is 0.266 e. The van der Waals surface area contributed by atoms with Crippen molar-refractivity contribution in [1.29, 1.82) is 0 Å². The number of carbonyl (C=O) groups is 6. The van der Waals surface area contributed by atoms with Crippen LogP contribution in [0.15, 0.2) is 77.8 Å². The molecule has 6 amide bonds. The maximum absolute atomic E-state index is 13.2. The molecule has 1 saturated heterocycles. The molecule has 4 N–H and O–H groups in total. The van der Waals surface area contributed by atoms with Crippen molar-refractivity contribution >= 4 is 47.0 Å². The number of rotatable bonds is 16. The van der Waals surface area contributed by atoms with Crippen LogP contribution in [0.3, 0.4) is 0 Å². The van der Waals surface area contributed by atoms with E-state index >= 15 is 0 Å². The zero-order valence-electron chi connectivity index (χ0n) is 29.6. The summed E-state index contributed by atoms with van der Waals surface area (Å²) in [6.07, 6.45) is 8.10. The third kappa shape index (κ3) is 8.04. The highest BCUT2D eigenvalue weighted by Gasteiger charge is 2.46. The lowest BCUT2D eigenvalue weighted by molar-refractivity contribution is -0.136. The standard InChI is InChI=1S/C38H37N9O8/c48-30-15-14-28(35(51)44-30)47-36(52)26-8-5-9-29(32(26)37(47)53)55-21-31(49)39-16-3-1-2-4-17-40-34(50)24-12-10-23(11-13-24)27-20-42-38(46-22-43-45-33(27)46)41-19-25-7-6-18-54-25/h5-13,18,20,22,28H,1-4,14-17,19,21H2,(H,39,49)(H,40,50)(H,41,42)(H,44,48,51). The zero-order chi connectivity index (χ0) is 38.3. The van der Waals surface area contributed by atoms with Gasteiger partial charge in [0.25, 0.3) is 23.6 Å². The fraction of sp³-hybridized carbons (Fsp3) is 0.289. The highest BCUT2D eigenvalue weighted by molar-refractivity contribution is 6.24. The predicted octanol–water partition coefficient (Wildman–Crippen LogP) is 2.88. The Bertz CT molecular complexity index is 2250. The number of aromatic nitrogens is 4. The number of hydrogen-bond donors (Lipinski definition) is 4. The molecule has 2 aliphatic rings. The van der Waals surface area contributed by atoms with E-state index in [0.717, 1.165) is 41.0 Å². The van der Waals surface area contributed by atoms with Crippen LogP contribution in [0.5, 0.6) is 5.75 Å². The summed E-state index contributed by atoms with van der Waals surface area (Å²) in [5.41, 5.74) is 2.81. The molecule has 0 aliphatic carbocycles. The summed E-state index contributed by atoms with van der Waals surface area (Å²) in [6.45, 7) is 0.997. The summed E-state index contributed by atoms with van der Waals surface area (Å²) >= 11 is 0.